The van der Waals surface area contributed by atoms with Crippen molar-refractivity contribution >= 4 is 29.9 Å². The monoisotopic (exact) mass is 387 g/mol. The van der Waals surface area contributed by atoms with Crippen molar-refractivity contribution in [1.29, 1.82) is 0 Å². The van der Waals surface area contributed by atoms with Gasteiger partial charge < -0.3 is 16.0 Å². The fourth-order valence-electron chi connectivity index (χ4n) is 3.36. The van der Waals surface area contributed by atoms with Crippen molar-refractivity contribution in [2.24, 2.45) is 11.7 Å². The van der Waals surface area contributed by atoms with Crippen LogP contribution in [0, 0.1) is 5.92 Å². The van der Waals surface area contributed by atoms with E-state index in [4.69, 9.17) is 5.73 Å². The van der Waals surface area contributed by atoms with Crippen LogP contribution in [0.2, 0.25) is 0 Å². The summed E-state index contributed by atoms with van der Waals surface area (Å²) in [4.78, 5) is 26.7. The SMILES string of the molecule is CCc1ccccc1N1CC(C(=O)NCC(N)c2ccccc2)CC1=O.Cl. The number of amides is 2. The van der Waals surface area contributed by atoms with E-state index in [-0.39, 0.29) is 42.6 Å². The molecule has 1 saturated heterocycles. The lowest BCUT2D eigenvalue weighted by Gasteiger charge is -2.20. The standard InChI is InChI=1S/C21H25N3O2.ClH/c1-2-15-8-6-7-11-19(15)24-14-17(12-20(24)25)21(26)23-13-18(22)16-9-4-3-5-10-16;/h3-11,17-18H,2,12-14,22H2,1H3,(H,23,26);1H. The van der Waals surface area contributed by atoms with Gasteiger partial charge in [-0.25, -0.2) is 0 Å². The third-order valence-electron chi connectivity index (χ3n) is 4.88. The number of benzene rings is 2. The number of hydrogen-bond donors (Lipinski definition) is 2. The first-order valence-electron chi connectivity index (χ1n) is 9.06. The van der Waals surface area contributed by atoms with Crippen LogP contribution in [-0.4, -0.2) is 24.9 Å². The average Bonchev–Trinajstić information content (AvgIpc) is 3.08. The molecule has 27 heavy (non-hydrogen) atoms. The van der Waals surface area contributed by atoms with Crippen LogP contribution in [0.4, 0.5) is 5.69 Å². The molecule has 0 saturated carbocycles. The van der Waals surface area contributed by atoms with Gasteiger partial charge in [0.2, 0.25) is 11.8 Å². The molecule has 3 rings (SSSR count). The Balaban J connectivity index is 0.00000261. The first kappa shape index (κ1) is 20.9. The lowest BCUT2D eigenvalue weighted by molar-refractivity contribution is -0.126. The maximum atomic E-state index is 12.5. The highest BCUT2D eigenvalue weighted by molar-refractivity contribution is 6.00. The first-order chi connectivity index (χ1) is 12.6. The Kier molecular flexibility index (Phi) is 7.39. The second-order valence-corrected chi connectivity index (χ2v) is 6.65. The predicted octanol–water partition coefficient (Wildman–Crippen LogP) is 2.84. The van der Waals surface area contributed by atoms with Crippen molar-refractivity contribution in [3.63, 3.8) is 0 Å². The highest BCUT2D eigenvalue weighted by Gasteiger charge is 2.35. The normalized spacial score (nSPS) is 17.3. The van der Waals surface area contributed by atoms with Gasteiger partial charge in [0.1, 0.15) is 0 Å². The number of para-hydroxylation sites is 1. The molecule has 2 amide bonds. The Hall–Kier alpha value is -2.37. The lowest BCUT2D eigenvalue weighted by Crippen LogP contribution is -2.37. The summed E-state index contributed by atoms with van der Waals surface area (Å²) in [6, 6.07) is 17.3. The van der Waals surface area contributed by atoms with Crippen LogP contribution in [0.1, 0.15) is 30.5 Å². The molecule has 5 nitrogen and oxygen atoms in total. The van der Waals surface area contributed by atoms with E-state index in [1.54, 1.807) is 4.90 Å². The number of carbonyl (C=O) groups is 2. The molecule has 0 radical (unpaired) electrons. The molecule has 1 aliphatic rings. The van der Waals surface area contributed by atoms with Crippen molar-refractivity contribution in [1.82, 2.24) is 5.32 Å². The van der Waals surface area contributed by atoms with Crippen LogP contribution in [0.15, 0.2) is 54.6 Å². The van der Waals surface area contributed by atoms with Crippen molar-refractivity contribution in [2.75, 3.05) is 18.0 Å². The Bertz CT molecular complexity index is 782. The number of aryl methyl sites for hydroxylation is 1. The minimum absolute atomic E-state index is 0. The summed E-state index contributed by atoms with van der Waals surface area (Å²) in [6.07, 6.45) is 1.09. The fourth-order valence-corrected chi connectivity index (χ4v) is 3.36. The Morgan fingerprint density at radius 2 is 1.85 bits per heavy atom. The molecule has 3 N–H and O–H groups in total. The van der Waals surface area contributed by atoms with Crippen LogP contribution >= 0.6 is 12.4 Å². The quantitative estimate of drug-likeness (QED) is 0.800. The molecule has 144 valence electrons. The van der Waals surface area contributed by atoms with E-state index in [0.717, 1.165) is 23.2 Å². The fraction of sp³-hybridized carbons (Fsp3) is 0.333. The Morgan fingerprint density at radius 3 is 2.56 bits per heavy atom. The summed E-state index contributed by atoms with van der Waals surface area (Å²) in [6.45, 7) is 2.84. The number of carbonyl (C=O) groups excluding carboxylic acids is 2. The second kappa shape index (κ2) is 9.53. The maximum absolute atomic E-state index is 12.5. The zero-order chi connectivity index (χ0) is 18.5. The van der Waals surface area contributed by atoms with E-state index in [1.807, 2.05) is 54.6 Å². The van der Waals surface area contributed by atoms with Gasteiger partial charge in [0.25, 0.3) is 0 Å². The molecule has 2 aromatic rings. The molecular formula is C21H26ClN3O2. The summed E-state index contributed by atoms with van der Waals surface area (Å²) < 4.78 is 0. The van der Waals surface area contributed by atoms with E-state index in [1.165, 1.54) is 0 Å². The largest absolute Gasteiger partial charge is 0.354 e. The molecule has 6 heteroatoms. The van der Waals surface area contributed by atoms with Gasteiger partial charge in [-0.1, -0.05) is 55.5 Å². The Morgan fingerprint density at radius 1 is 1.19 bits per heavy atom. The van der Waals surface area contributed by atoms with Gasteiger partial charge in [-0.2, -0.15) is 0 Å². The zero-order valence-electron chi connectivity index (χ0n) is 15.4. The van der Waals surface area contributed by atoms with Crippen LogP contribution in [0.5, 0.6) is 0 Å². The molecule has 0 aromatic heterocycles. The van der Waals surface area contributed by atoms with Crippen LogP contribution in [0.3, 0.4) is 0 Å². The molecule has 0 bridgehead atoms. The molecule has 2 aromatic carbocycles. The van der Waals surface area contributed by atoms with Gasteiger partial charge in [0.05, 0.1) is 5.92 Å². The third kappa shape index (κ3) is 4.87. The molecule has 1 fully saturated rings. The molecule has 2 atom stereocenters. The van der Waals surface area contributed by atoms with Gasteiger partial charge in [-0.15, -0.1) is 12.4 Å². The molecule has 0 aliphatic carbocycles. The topological polar surface area (TPSA) is 75.4 Å². The van der Waals surface area contributed by atoms with Crippen molar-refractivity contribution in [3.8, 4) is 0 Å². The highest BCUT2D eigenvalue weighted by atomic mass is 35.5. The molecular weight excluding hydrogens is 362 g/mol. The number of hydrogen-bond acceptors (Lipinski definition) is 3. The summed E-state index contributed by atoms with van der Waals surface area (Å²) in [7, 11) is 0. The van der Waals surface area contributed by atoms with Gasteiger partial charge in [0.15, 0.2) is 0 Å². The van der Waals surface area contributed by atoms with Crippen molar-refractivity contribution in [2.45, 2.75) is 25.8 Å². The summed E-state index contributed by atoms with van der Waals surface area (Å²) >= 11 is 0. The number of anilines is 1. The van der Waals surface area contributed by atoms with E-state index in [9.17, 15) is 9.59 Å². The minimum atomic E-state index is -0.338. The Labute approximate surface area is 166 Å². The molecule has 1 aliphatic heterocycles. The number of nitrogens with zero attached hydrogens (tertiary/aromatic N) is 1. The lowest BCUT2D eigenvalue weighted by atomic mass is 10.1. The number of rotatable bonds is 6. The van der Waals surface area contributed by atoms with E-state index in [2.05, 4.69) is 12.2 Å². The predicted molar refractivity (Wildman–Crippen MR) is 110 cm³/mol. The zero-order valence-corrected chi connectivity index (χ0v) is 16.2. The van der Waals surface area contributed by atoms with E-state index >= 15 is 0 Å². The summed E-state index contributed by atoms with van der Waals surface area (Å²) in [5.74, 6) is -0.449. The number of halogens is 1. The smallest absolute Gasteiger partial charge is 0.227 e. The maximum Gasteiger partial charge on any atom is 0.227 e. The van der Waals surface area contributed by atoms with Crippen LogP contribution in [-0.2, 0) is 16.0 Å². The highest BCUT2D eigenvalue weighted by Crippen LogP contribution is 2.28. The average molecular weight is 388 g/mol. The number of nitrogens with two attached hydrogens (primary N) is 1. The van der Waals surface area contributed by atoms with Gasteiger partial charge in [-0.05, 0) is 23.6 Å². The molecule has 0 spiro atoms. The van der Waals surface area contributed by atoms with E-state index < -0.39 is 0 Å². The van der Waals surface area contributed by atoms with Crippen LogP contribution in [0.25, 0.3) is 0 Å². The van der Waals surface area contributed by atoms with Gasteiger partial charge >= 0.3 is 0 Å². The molecule has 2 unspecified atom stereocenters. The third-order valence-corrected chi connectivity index (χ3v) is 4.88. The minimum Gasteiger partial charge on any atom is -0.354 e. The van der Waals surface area contributed by atoms with Gasteiger partial charge in [0, 0.05) is 31.2 Å². The van der Waals surface area contributed by atoms with Crippen molar-refractivity contribution < 1.29 is 9.59 Å². The number of nitrogens with one attached hydrogen (secondary N) is 1. The first-order valence-corrected chi connectivity index (χ1v) is 9.06. The van der Waals surface area contributed by atoms with Gasteiger partial charge in [-0.3, -0.25) is 9.59 Å². The summed E-state index contributed by atoms with van der Waals surface area (Å²) in [5, 5.41) is 2.90. The molecule has 1 heterocycles. The van der Waals surface area contributed by atoms with E-state index in [0.29, 0.717) is 13.1 Å². The summed E-state index contributed by atoms with van der Waals surface area (Å²) in [5.41, 5.74) is 9.15. The second-order valence-electron chi connectivity index (χ2n) is 6.65. The van der Waals surface area contributed by atoms with Crippen molar-refractivity contribution in [3.05, 3.63) is 65.7 Å². The van der Waals surface area contributed by atoms with Crippen LogP contribution < -0.4 is 16.0 Å².